The first-order valence-electron chi connectivity index (χ1n) is 9.87. The molecule has 0 saturated heterocycles. The molecular weight excluding hydrogens is 397 g/mol. The number of alkyl halides is 3. The Kier molecular flexibility index (Phi) is 8.64. The van der Waals surface area contributed by atoms with Crippen molar-refractivity contribution >= 4 is 5.96 Å². The number of hydrogen-bond donors (Lipinski definition) is 2. The number of benzene rings is 1. The minimum Gasteiger partial charge on any atom is -0.382 e. The zero-order valence-electron chi connectivity index (χ0n) is 17.8. The molecule has 1 unspecified atom stereocenters. The van der Waals surface area contributed by atoms with Gasteiger partial charge in [-0.05, 0) is 44.9 Å². The molecule has 0 aliphatic rings. The van der Waals surface area contributed by atoms with Crippen molar-refractivity contribution in [3.05, 3.63) is 47.0 Å². The van der Waals surface area contributed by atoms with Gasteiger partial charge in [-0.25, -0.2) is 4.99 Å². The molecule has 2 rings (SSSR count). The van der Waals surface area contributed by atoms with E-state index in [-0.39, 0.29) is 12.6 Å². The van der Waals surface area contributed by atoms with Gasteiger partial charge in [-0.15, -0.1) is 10.2 Å². The van der Waals surface area contributed by atoms with Crippen molar-refractivity contribution in [3.63, 3.8) is 0 Å². The van der Waals surface area contributed by atoms with Gasteiger partial charge in [0.05, 0.1) is 11.6 Å². The molecule has 1 atom stereocenters. The van der Waals surface area contributed by atoms with Crippen LogP contribution < -0.4 is 10.6 Å². The van der Waals surface area contributed by atoms with Crippen molar-refractivity contribution in [2.75, 3.05) is 19.8 Å². The van der Waals surface area contributed by atoms with Gasteiger partial charge in [0.2, 0.25) is 0 Å². The predicted molar refractivity (Wildman–Crippen MR) is 109 cm³/mol. The van der Waals surface area contributed by atoms with Gasteiger partial charge in [0.1, 0.15) is 12.4 Å². The molecule has 0 aliphatic carbocycles. The zero-order valence-corrected chi connectivity index (χ0v) is 17.8. The van der Waals surface area contributed by atoms with E-state index in [0.717, 1.165) is 24.4 Å². The van der Waals surface area contributed by atoms with Gasteiger partial charge < -0.3 is 19.9 Å². The van der Waals surface area contributed by atoms with Gasteiger partial charge in [0.25, 0.3) is 0 Å². The van der Waals surface area contributed by atoms with Crippen LogP contribution in [0.2, 0.25) is 0 Å². The average Bonchev–Trinajstić information content (AvgIpc) is 3.03. The van der Waals surface area contributed by atoms with Gasteiger partial charge in [0, 0.05) is 26.8 Å². The van der Waals surface area contributed by atoms with Crippen LogP contribution in [0, 0.1) is 6.92 Å². The molecule has 0 saturated carbocycles. The molecule has 0 amide bonds. The molecule has 2 N–H and O–H groups in total. The number of ether oxygens (including phenoxy) is 1. The quantitative estimate of drug-likeness (QED) is 0.365. The fraction of sp³-hybridized carbons (Fsp3) is 0.550. The third-order valence-corrected chi connectivity index (χ3v) is 4.59. The van der Waals surface area contributed by atoms with Crippen LogP contribution in [0.3, 0.4) is 0 Å². The average molecular weight is 426 g/mol. The molecule has 1 aromatic carbocycles. The first-order chi connectivity index (χ1) is 14.2. The van der Waals surface area contributed by atoms with Crippen molar-refractivity contribution in [2.24, 2.45) is 12.0 Å². The monoisotopic (exact) mass is 426 g/mol. The van der Waals surface area contributed by atoms with Crippen LogP contribution in [-0.2, 0) is 24.5 Å². The molecular formula is C20H29F3N6O. The Hall–Kier alpha value is -2.62. The maximum Gasteiger partial charge on any atom is 0.416 e. The third-order valence-electron chi connectivity index (χ3n) is 4.59. The Bertz CT molecular complexity index is 834. The van der Waals surface area contributed by atoms with E-state index in [2.05, 4.69) is 25.8 Å². The van der Waals surface area contributed by atoms with Crippen LogP contribution in [0.25, 0.3) is 0 Å². The summed E-state index contributed by atoms with van der Waals surface area (Å²) in [4.78, 5) is 4.53. The standard InChI is InChI=1S/C20H29F3N6O/c1-5-30-11-7-10-24-19(25-13-18-28-27-15(3)29(18)4)26-14(2)16-8-6-9-17(12-16)20(21,22)23/h6,8-9,12,14H,5,7,10-11,13H2,1-4H3,(H2,24,25,26). The Morgan fingerprint density at radius 1 is 1.30 bits per heavy atom. The largest absolute Gasteiger partial charge is 0.416 e. The Labute approximate surface area is 174 Å². The Morgan fingerprint density at radius 2 is 2.07 bits per heavy atom. The lowest BCUT2D eigenvalue weighted by Gasteiger charge is -2.20. The van der Waals surface area contributed by atoms with Crippen LogP contribution in [0.5, 0.6) is 0 Å². The van der Waals surface area contributed by atoms with Gasteiger partial charge in [-0.3, -0.25) is 0 Å². The second-order valence-corrected chi connectivity index (χ2v) is 6.85. The molecule has 1 aromatic heterocycles. The fourth-order valence-corrected chi connectivity index (χ4v) is 2.69. The highest BCUT2D eigenvalue weighted by atomic mass is 19.4. The minimum atomic E-state index is -4.38. The van der Waals surface area contributed by atoms with Crippen molar-refractivity contribution in [1.29, 1.82) is 0 Å². The number of aromatic nitrogens is 3. The number of aliphatic imine (C=N–C) groups is 1. The number of aryl methyl sites for hydroxylation is 1. The lowest BCUT2D eigenvalue weighted by atomic mass is 10.1. The van der Waals surface area contributed by atoms with Gasteiger partial charge >= 0.3 is 6.18 Å². The van der Waals surface area contributed by atoms with E-state index in [9.17, 15) is 13.2 Å². The fourth-order valence-electron chi connectivity index (χ4n) is 2.69. The normalized spacial score (nSPS) is 13.4. The second kappa shape index (κ2) is 11.0. The summed E-state index contributed by atoms with van der Waals surface area (Å²) in [6.07, 6.45) is -3.61. The van der Waals surface area contributed by atoms with Crippen molar-refractivity contribution < 1.29 is 17.9 Å². The lowest BCUT2D eigenvalue weighted by Crippen LogP contribution is -2.39. The van der Waals surface area contributed by atoms with Crippen molar-refractivity contribution in [1.82, 2.24) is 25.4 Å². The number of nitrogens with one attached hydrogen (secondary N) is 2. The number of guanidine groups is 1. The molecule has 30 heavy (non-hydrogen) atoms. The first kappa shape index (κ1) is 23.7. The molecule has 10 heteroatoms. The molecule has 7 nitrogen and oxygen atoms in total. The summed E-state index contributed by atoms with van der Waals surface area (Å²) in [5, 5.41) is 14.5. The Balaban J connectivity index is 2.10. The summed E-state index contributed by atoms with van der Waals surface area (Å²) in [5.41, 5.74) is -0.158. The van der Waals surface area contributed by atoms with Crippen LogP contribution in [-0.4, -0.2) is 40.5 Å². The Morgan fingerprint density at radius 3 is 2.70 bits per heavy atom. The SMILES string of the molecule is CCOCCCNC(=NCc1nnc(C)n1C)NC(C)c1cccc(C(F)(F)F)c1. The summed E-state index contributed by atoms with van der Waals surface area (Å²) >= 11 is 0. The summed E-state index contributed by atoms with van der Waals surface area (Å²) in [5.74, 6) is 1.95. The second-order valence-electron chi connectivity index (χ2n) is 6.85. The van der Waals surface area contributed by atoms with Crippen LogP contribution in [0.15, 0.2) is 29.3 Å². The van der Waals surface area contributed by atoms with Gasteiger partial charge in [-0.2, -0.15) is 13.2 Å². The van der Waals surface area contributed by atoms with Gasteiger partial charge in [0.15, 0.2) is 11.8 Å². The highest BCUT2D eigenvalue weighted by Gasteiger charge is 2.30. The molecule has 0 fully saturated rings. The van der Waals surface area contributed by atoms with Crippen LogP contribution in [0.4, 0.5) is 13.2 Å². The molecule has 166 valence electrons. The molecule has 0 radical (unpaired) electrons. The lowest BCUT2D eigenvalue weighted by molar-refractivity contribution is -0.137. The van der Waals surface area contributed by atoms with Crippen molar-refractivity contribution in [2.45, 2.75) is 46.0 Å². The molecule has 1 heterocycles. The molecule has 2 aromatic rings. The van der Waals surface area contributed by atoms with Gasteiger partial charge in [-0.1, -0.05) is 12.1 Å². The van der Waals surface area contributed by atoms with E-state index in [0.29, 0.717) is 37.1 Å². The predicted octanol–water partition coefficient (Wildman–Crippen LogP) is 3.37. The number of rotatable bonds is 9. The summed E-state index contributed by atoms with van der Waals surface area (Å²) < 4.78 is 46.3. The number of hydrogen-bond acceptors (Lipinski definition) is 4. The van der Waals surface area contributed by atoms with E-state index < -0.39 is 11.7 Å². The van der Waals surface area contributed by atoms with E-state index in [4.69, 9.17) is 4.74 Å². The van der Waals surface area contributed by atoms with Crippen LogP contribution in [0.1, 0.15) is 49.1 Å². The smallest absolute Gasteiger partial charge is 0.382 e. The highest BCUT2D eigenvalue weighted by molar-refractivity contribution is 5.80. The van der Waals surface area contributed by atoms with E-state index in [1.807, 2.05) is 25.5 Å². The van der Waals surface area contributed by atoms with Crippen LogP contribution >= 0.6 is 0 Å². The number of halogens is 3. The van der Waals surface area contributed by atoms with E-state index in [1.165, 1.54) is 6.07 Å². The first-order valence-corrected chi connectivity index (χ1v) is 9.87. The number of nitrogens with zero attached hydrogens (tertiary/aromatic N) is 4. The zero-order chi connectivity index (χ0) is 22.1. The topological polar surface area (TPSA) is 76.4 Å². The third kappa shape index (κ3) is 7.01. The summed E-state index contributed by atoms with van der Waals surface area (Å²) in [6.45, 7) is 7.73. The molecule has 0 spiro atoms. The van der Waals surface area contributed by atoms with E-state index in [1.54, 1.807) is 13.0 Å². The summed E-state index contributed by atoms with van der Waals surface area (Å²) in [6, 6.07) is 4.90. The molecule has 0 aliphatic heterocycles. The van der Waals surface area contributed by atoms with Crippen molar-refractivity contribution in [3.8, 4) is 0 Å². The summed E-state index contributed by atoms with van der Waals surface area (Å²) in [7, 11) is 1.86. The van der Waals surface area contributed by atoms with E-state index >= 15 is 0 Å². The maximum atomic E-state index is 13.0. The minimum absolute atomic E-state index is 0.285. The maximum absolute atomic E-state index is 13.0. The molecule has 0 bridgehead atoms. The highest BCUT2D eigenvalue weighted by Crippen LogP contribution is 2.30.